The van der Waals surface area contributed by atoms with E-state index in [1.165, 1.54) is 0 Å². The minimum atomic E-state index is -0.369. The van der Waals surface area contributed by atoms with Crippen LogP contribution in [0.1, 0.15) is 308 Å². The van der Waals surface area contributed by atoms with Crippen LogP contribution >= 0.6 is 0 Å². The highest BCUT2D eigenvalue weighted by Gasteiger charge is 2.31. The number of nitrogens with zero attached hydrogens (tertiary/aromatic N) is 6. The van der Waals surface area contributed by atoms with Crippen molar-refractivity contribution < 1.29 is 85.6 Å². The molecule has 0 fully saturated rings. The van der Waals surface area contributed by atoms with Gasteiger partial charge in [0.05, 0.1) is 73.4 Å². The lowest BCUT2D eigenvalue weighted by atomic mass is 10.0. The predicted molar refractivity (Wildman–Crippen MR) is 591 cm³/mol. The Labute approximate surface area is 867 Å². The van der Waals surface area contributed by atoms with Crippen molar-refractivity contribution in [2.75, 3.05) is 192 Å². The van der Waals surface area contributed by atoms with Gasteiger partial charge in [-0.25, -0.2) is 28.8 Å². The van der Waals surface area contributed by atoms with Crippen LogP contribution < -0.4 is 62.8 Å². The summed E-state index contributed by atoms with van der Waals surface area (Å²) in [5.74, 6) is 3.40. The van der Waals surface area contributed by atoms with E-state index in [1.807, 2.05) is 27.7 Å². The van der Waals surface area contributed by atoms with Crippen LogP contribution in [0.25, 0.3) is 0 Å². The summed E-state index contributed by atoms with van der Waals surface area (Å²) < 4.78 is 67.0. The number of hydrogen-bond acceptors (Lipinski definition) is 30. The molecular weight excluding hydrogens is 1830 g/mol. The van der Waals surface area contributed by atoms with Gasteiger partial charge in [-0.1, -0.05) is 207 Å². The largest absolute Gasteiger partial charge is 0.493 e. The molecule has 6 aromatic rings. The van der Waals surface area contributed by atoms with Crippen molar-refractivity contribution >= 4 is 69.9 Å². The summed E-state index contributed by atoms with van der Waals surface area (Å²) in [6.07, 6.45) is 5.70. The zero-order chi connectivity index (χ0) is 109. The molecule has 12 N–H and O–H groups in total. The number of benzene rings is 6. The predicted octanol–water partition coefficient (Wildman–Crippen LogP) is 21.5. The molecule has 0 aliphatic heterocycles. The van der Waals surface area contributed by atoms with Gasteiger partial charge >= 0.3 is 35.8 Å². The van der Waals surface area contributed by atoms with Gasteiger partial charge in [0, 0.05) is 71.5 Å². The molecule has 0 aliphatic carbocycles. The van der Waals surface area contributed by atoms with Gasteiger partial charge < -0.3 is 91.2 Å². The molecule has 6 rings (SSSR count). The summed E-state index contributed by atoms with van der Waals surface area (Å²) in [5.41, 5.74) is 41.0. The zero-order valence-corrected chi connectivity index (χ0v) is 94.0. The Kier molecular flexibility index (Phi) is 67.9. The monoisotopic (exact) mass is 2020 g/mol. The molecule has 0 spiro atoms. The zero-order valence-electron chi connectivity index (χ0n) is 94.0. The van der Waals surface area contributed by atoms with Crippen LogP contribution in [0.3, 0.4) is 0 Å². The van der Waals surface area contributed by atoms with E-state index in [-0.39, 0.29) is 72.1 Å². The third-order valence-electron chi connectivity index (χ3n) is 25.1. The molecule has 6 aromatic carbocycles. The molecule has 30 nitrogen and oxygen atoms in total. The molecule has 0 heterocycles. The molecule has 0 aliphatic rings. The molecule has 0 aromatic heterocycles. The number of ether oxygens (including phenoxy) is 12. The first-order valence-electron chi connectivity index (χ1n) is 53.2. The lowest BCUT2D eigenvalue weighted by molar-refractivity contribution is 0.0279. The van der Waals surface area contributed by atoms with Crippen LogP contribution in [0.5, 0.6) is 34.5 Å². The van der Waals surface area contributed by atoms with E-state index in [0.717, 1.165) is 117 Å². The SMILES string of the molecule is CCCCOc1cc(C(=O)OC[C@H](C(C)C)N(CC)CC)ccc1N.CCCCOc1cc(N)ccc1C(=O)OC[C@H](C(C)C)N(CC)CC.CCCOc1cc(C(=O)OC[C@H](C(C)C)N(CC)CC)ccc1N.CCCOc1cc(N)ccc1C(=O)OC[C@H](C(C)C)N(CC)CC.CCOc1cc(C(=O)OC[C@H](C(C)C)N(CC)CC)ccc1N.CCOc1cc(N)ccc1C(=O)OC[C@H](C(C)C)N(CC)CC. The molecule has 0 saturated carbocycles. The van der Waals surface area contributed by atoms with Crippen LogP contribution in [0.15, 0.2) is 109 Å². The Morgan fingerprint density at radius 3 is 0.632 bits per heavy atom. The third kappa shape index (κ3) is 47.3. The fourth-order valence-electron chi connectivity index (χ4n) is 16.2. The van der Waals surface area contributed by atoms with E-state index in [2.05, 4.69) is 209 Å². The van der Waals surface area contributed by atoms with Gasteiger partial charge in [-0.15, -0.1) is 0 Å². The summed E-state index contributed by atoms with van der Waals surface area (Å²) in [4.78, 5) is 88.5. The number of esters is 6. The Bertz CT molecular complexity index is 4530. The van der Waals surface area contributed by atoms with E-state index in [1.54, 1.807) is 109 Å². The fraction of sp³-hybridized carbons (Fsp3) is 0.632. The van der Waals surface area contributed by atoms with Gasteiger partial charge in [0.2, 0.25) is 0 Å². The summed E-state index contributed by atoms with van der Waals surface area (Å²) >= 11 is 0. The lowest BCUT2D eigenvalue weighted by Gasteiger charge is -2.32. The molecule has 0 radical (unpaired) electrons. The Hall–Kier alpha value is -10.5. The van der Waals surface area contributed by atoms with Crippen LogP contribution in [0, 0.1) is 35.5 Å². The van der Waals surface area contributed by atoms with Crippen molar-refractivity contribution in [3.63, 3.8) is 0 Å². The first-order chi connectivity index (χ1) is 68.6. The molecule has 144 heavy (non-hydrogen) atoms. The van der Waals surface area contributed by atoms with Crippen molar-refractivity contribution in [2.24, 2.45) is 35.5 Å². The first kappa shape index (κ1) is 132. The van der Waals surface area contributed by atoms with Gasteiger partial charge in [0.1, 0.15) is 90.8 Å². The summed E-state index contributed by atoms with van der Waals surface area (Å²) in [5, 5.41) is 0. The van der Waals surface area contributed by atoms with Crippen LogP contribution in [0.2, 0.25) is 0 Å². The number of nitrogens with two attached hydrogens (primary N) is 6. The van der Waals surface area contributed by atoms with Gasteiger partial charge in [-0.2, -0.15) is 0 Å². The van der Waals surface area contributed by atoms with E-state index in [4.69, 9.17) is 91.2 Å². The molecule has 0 bridgehead atoms. The van der Waals surface area contributed by atoms with Crippen molar-refractivity contribution in [1.29, 1.82) is 0 Å². The highest BCUT2D eigenvalue weighted by atomic mass is 16.6. The lowest BCUT2D eigenvalue weighted by Crippen LogP contribution is -2.42. The fourth-order valence-corrected chi connectivity index (χ4v) is 16.2. The number of carbonyl (C=O) groups is 6. The molecule has 816 valence electrons. The van der Waals surface area contributed by atoms with Crippen molar-refractivity contribution in [1.82, 2.24) is 29.4 Å². The number of rotatable bonds is 60. The minimum absolute atomic E-state index is 0.206. The maximum absolute atomic E-state index is 12.6. The molecular formula is C114H192N12O18. The van der Waals surface area contributed by atoms with E-state index >= 15 is 0 Å². The van der Waals surface area contributed by atoms with Gasteiger partial charge in [-0.3, -0.25) is 29.4 Å². The second kappa shape index (κ2) is 74.4. The number of carbonyl (C=O) groups excluding carboxylic acids is 6. The molecule has 6 atom stereocenters. The van der Waals surface area contributed by atoms with Crippen molar-refractivity contribution in [3.8, 4) is 34.5 Å². The Morgan fingerprint density at radius 2 is 0.424 bits per heavy atom. The van der Waals surface area contributed by atoms with Crippen molar-refractivity contribution in [2.45, 2.75) is 282 Å². The number of unbranched alkanes of at least 4 members (excludes halogenated alkanes) is 2. The number of hydrogen-bond donors (Lipinski definition) is 6. The smallest absolute Gasteiger partial charge is 0.341 e. The normalized spacial score (nSPS) is 12.5. The Balaban J connectivity index is 0.000000864. The second-order valence-corrected chi connectivity index (χ2v) is 37.3. The van der Waals surface area contributed by atoms with Gasteiger partial charge in [0.15, 0.2) is 0 Å². The average molecular weight is 2020 g/mol. The van der Waals surface area contributed by atoms with Gasteiger partial charge in [0.25, 0.3) is 0 Å². The van der Waals surface area contributed by atoms with Crippen LogP contribution in [-0.2, 0) is 28.4 Å². The van der Waals surface area contributed by atoms with Crippen molar-refractivity contribution in [3.05, 3.63) is 143 Å². The highest BCUT2D eigenvalue weighted by molar-refractivity contribution is 5.95. The number of likely N-dealkylation sites (N-methyl/N-ethyl adjacent to an activating group) is 6. The second-order valence-electron chi connectivity index (χ2n) is 37.3. The minimum Gasteiger partial charge on any atom is -0.493 e. The number of nitrogen functional groups attached to an aromatic ring is 6. The van der Waals surface area contributed by atoms with E-state index < -0.39 is 0 Å². The van der Waals surface area contributed by atoms with Gasteiger partial charge in [-0.05, 0) is 245 Å². The highest BCUT2D eigenvalue weighted by Crippen LogP contribution is 2.32. The number of anilines is 6. The summed E-state index contributed by atoms with van der Waals surface area (Å²) in [7, 11) is 0. The molecule has 30 heteroatoms. The first-order valence-corrected chi connectivity index (χ1v) is 53.2. The summed E-state index contributed by atoms with van der Waals surface area (Å²) in [6, 6.07) is 31.5. The van der Waals surface area contributed by atoms with Crippen LogP contribution in [0.4, 0.5) is 34.1 Å². The standard InChI is InChI=1S/2C20H34N2O3.2C19H32N2O3.2C18H30N2O3/c1-6-9-12-24-19-13-16(21)10-11-17(19)20(23)25-14-18(15(4)5)22(7-2)8-3;1-6-9-12-24-19-13-16(10-11-17(19)21)20(23)25-14-18(15(4)5)22(7-2)8-3;1-6-11-23-18-12-15(20)9-10-16(18)19(22)24-13-17(14(4)5)21(7-2)8-3;1-6-11-23-18-12-15(9-10-16(18)20)19(22)24-13-17(14(4)5)21(7-2)8-3;1-6-20(7-2)16(13(4)5)12-23-18(21)15-10-9-14(19)11-17(15)22-8-3;1-6-20(7-2)16(13(4)5)12-23-18(21)14-9-10-15(19)17(11-14)22-8-3/h2*10-11,13,15,18H,6-9,12,14,21H2,1-5H3;2*9-10,12,14,17H,6-8,11,13,20H2,1-5H3;2*9-11,13,16H,6-8,12,19H2,1-5H3/t2*18-;2*17-;2*16-/m111111/s1. The van der Waals surface area contributed by atoms with E-state index in [9.17, 15) is 28.8 Å². The van der Waals surface area contributed by atoms with E-state index in [0.29, 0.717) is 217 Å². The third-order valence-corrected chi connectivity index (χ3v) is 25.1. The average Bonchev–Trinajstić information content (AvgIpc) is 0.848. The molecule has 0 amide bonds. The molecule has 0 saturated heterocycles. The maximum Gasteiger partial charge on any atom is 0.341 e. The summed E-state index contributed by atoms with van der Waals surface area (Å²) in [6.45, 7) is 80.0. The topological polar surface area (TPSA) is 389 Å². The quantitative estimate of drug-likeness (QED) is 0.00894. The van der Waals surface area contributed by atoms with Crippen LogP contribution in [-0.4, -0.2) is 259 Å². The Morgan fingerprint density at radius 1 is 0.229 bits per heavy atom. The molecule has 0 unspecified atom stereocenters. The maximum atomic E-state index is 12.6.